The molecule has 0 radical (unpaired) electrons. The number of hydrogen-bond acceptors (Lipinski definition) is 11. The van der Waals surface area contributed by atoms with E-state index in [-0.39, 0.29) is 16.9 Å². The van der Waals surface area contributed by atoms with E-state index in [4.69, 9.17) is 20.5 Å². The number of nitro benzene ring substituents is 1. The summed E-state index contributed by atoms with van der Waals surface area (Å²) >= 11 is 6.94. The molecule has 3 N–H and O–H groups in total. The molecule has 0 spiro atoms. The second-order valence-corrected chi connectivity index (χ2v) is 18.2. The summed E-state index contributed by atoms with van der Waals surface area (Å²) in [5.41, 5.74) is 6.83. The third-order valence-corrected chi connectivity index (χ3v) is 13.0. The zero-order valence-electron chi connectivity index (χ0n) is 34.9. The largest absolute Gasteiger partial charge is 0.455 e. The smallest absolute Gasteiger partial charge is 0.296 e. The molecule has 0 saturated carbocycles. The fraction of sp³-hybridized carbons (Fsp3) is 0.391. The number of rotatable bonds is 14. The van der Waals surface area contributed by atoms with Crippen LogP contribution < -0.4 is 23.9 Å². The second-order valence-electron chi connectivity index (χ2n) is 17.2. The number of H-pyrrole nitrogens is 1. The quantitative estimate of drug-likeness (QED) is 0.0425. The van der Waals surface area contributed by atoms with E-state index in [2.05, 4.69) is 67.7 Å². The lowest BCUT2D eigenvalue weighted by atomic mass is 9.72. The Morgan fingerprint density at radius 2 is 1.79 bits per heavy atom. The van der Waals surface area contributed by atoms with Gasteiger partial charge in [-0.2, -0.15) is 0 Å². The summed E-state index contributed by atoms with van der Waals surface area (Å²) in [6.07, 6.45) is 8.85. The van der Waals surface area contributed by atoms with E-state index >= 15 is 0 Å². The predicted octanol–water partition coefficient (Wildman–Crippen LogP) is 9.83. The van der Waals surface area contributed by atoms with Gasteiger partial charge in [-0.15, -0.1) is 0 Å². The summed E-state index contributed by atoms with van der Waals surface area (Å²) in [6, 6.07) is 22.4. The van der Waals surface area contributed by atoms with E-state index in [1.54, 1.807) is 24.4 Å². The molecule has 0 bridgehead atoms. The summed E-state index contributed by atoms with van der Waals surface area (Å²) in [5.74, 6) is 1.11. The molecule has 2 saturated heterocycles. The number of fused-ring (bicyclic) bond motifs is 1. The number of nitrogens with zero attached hydrogens (tertiary/aromatic N) is 5. The monoisotopic (exact) mass is 864 g/mol. The van der Waals surface area contributed by atoms with Crippen LogP contribution in [0, 0.1) is 21.4 Å². The van der Waals surface area contributed by atoms with E-state index < -0.39 is 10.8 Å². The lowest BCUT2D eigenvalue weighted by Crippen LogP contribution is -2.47. The number of allylic oxidation sites excluding steroid dienone is 1. The van der Waals surface area contributed by atoms with Gasteiger partial charge in [0.15, 0.2) is 12.2 Å². The number of aromatic nitrogens is 2. The first-order chi connectivity index (χ1) is 29.5. The highest BCUT2D eigenvalue weighted by molar-refractivity contribution is 7.93. The number of carbonyl (C=O) groups is 1. The summed E-state index contributed by atoms with van der Waals surface area (Å²) in [4.78, 5) is 40.1. The zero-order valence-corrected chi connectivity index (χ0v) is 36.5. The average molecular weight is 866 g/mol. The van der Waals surface area contributed by atoms with E-state index in [0.717, 1.165) is 93.2 Å². The van der Waals surface area contributed by atoms with Gasteiger partial charge in [-0.3, -0.25) is 24.5 Å². The molecule has 2 aliphatic heterocycles. The first kappa shape index (κ1) is 42.4. The number of halogens is 1. The Kier molecular flexibility index (Phi) is 13.1. The molecule has 2 fully saturated rings. The molecule has 0 unspecified atom stereocenters. The maximum absolute atomic E-state index is 13.7. The van der Waals surface area contributed by atoms with Crippen LogP contribution in [0.1, 0.15) is 61.9 Å². The van der Waals surface area contributed by atoms with Gasteiger partial charge in [0.05, 0.1) is 22.7 Å². The molecular weight excluding hydrogens is 812 g/mol. The van der Waals surface area contributed by atoms with Crippen LogP contribution in [-0.4, -0.2) is 90.0 Å². The van der Waals surface area contributed by atoms with Crippen molar-refractivity contribution in [3.63, 3.8) is 0 Å². The van der Waals surface area contributed by atoms with Crippen molar-refractivity contribution in [3.05, 3.63) is 117 Å². The number of aromatic amines is 1. The van der Waals surface area contributed by atoms with Crippen LogP contribution in [0.25, 0.3) is 16.6 Å². The minimum atomic E-state index is -0.446. The minimum absolute atomic E-state index is 0.0877. The van der Waals surface area contributed by atoms with E-state index in [0.29, 0.717) is 47.4 Å². The summed E-state index contributed by atoms with van der Waals surface area (Å²) in [5, 5.41) is 16.9. The standard InChI is InChI=1S/C46H53ClN8O5S/c1-46(2)16-12-34(40(27-46)32-4-6-35(47)7-5-32)30-53-20-22-54(23-21-53)36-8-10-39(43(25-36)59-38-24-33-13-17-48-44(33)50-29-38)45(56)51-61-60-37-9-11-41(42(26-37)55(57)58)49-28-31-14-18-52(3)19-15-31/h4-11,13,17,24-26,29,31,49H,12,14-16,18-23,27-28,30H2,1-3H3,(H,48,50)(H,51,56). The van der Waals surface area contributed by atoms with Crippen molar-refractivity contribution in [3.8, 4) is 17.2 Å². The molecule has 3 aliphatic rings. The number of nitrogens with one attached hydrogen (secondary N) is 3. The maximum atomic E-state index is 13.7. The molecule has 4 heterocycles. The Bertz CT molecular complexity index is 2390. The van der Waals surface area contributed by atoms with Crippen LogP contribution in [0.3, 0.4) is 0 Å². The van der Waals surface area contributed by atoms with Crippen LogP contribution in [0.4, 0.5) is 17.1 Å². The van der Waals surface area contributed by atoms with Crippen molar-refractivity contribution in [1.29, 1.82) is 0 Å². The maximum Gasteiger partial charge on any atom is 0.296 e. The van der Waals surface area contributed by atoms with Crippen molar-refractivity contribution < 1.29 is 18.6 Å². The van der Waals surface area contributed by atoms with Crippen LogP contribution in [0.5, 0.6) is 17.2 Å². The number of ether oxygens (including phenoxy) is 1. The van der Waals surface area contributed by atoms with E-state index in [9.17, 15) is 14.9 Å². The van der Waals surface area contributed by atoms with Gasteiger partial charge in [0, 0.05) is 67.6 Å². The van der Waals surface area contributed by atoms with Gasteiger partial charge in [-0.05, 0) is 123 Å². The minimum Gasteiger partial charge on any atom is -0.455 e. The van der Waals surface area contributed by atoms with Crippen molar-refractivity contribution in [2.24, 2.45) is 11.3 Å². The molecule has 3 aromatic carbocycles. The normalized spacial score (nSPS) is 17.7. The lowest BCUT2D eigenvalue weighted by molar-refractivity contribution is -0.384. The Morgan fingerprint density at radius 1 is 1.00 bits per heavy atom. The van der Waals surface area contributed by atoms with Crippen LogP contribution >= 0.6 is 23.8 Å². The first-order valence-corrected chi connectivity index (χ1v) is 22.1. The SMILES string of the molecule is CN1CCC(CNc2ccc(OSNC(=O)c3ccc(N4CCN(CC5=C(c6ccc(Cl)cc6)CC(C)(C)CC5)CC4)cc3Oc3cnc4[nH]ccc4c3)cc2[N+](=O)[O-])CC1. The summed E-state index contributed by atoms with van der Waals surface area (Å²) in [7, 11) is 2.11. The summed E-state index contributed by atoms with van der Waals surface area (Å²) in [6.45, 7) is 11.8. The van der Waals surface area contributed by atoms with Crippen molar-refractivity contribution in [2.45, 2.75) is 46.0 Å². The number of anilines is 2. The van der Waals surface area contributed by atoms with Gasteiger partial charge in [0.1, 0.15) is 28.6 Å². The van der Waals surface area contributed by atoms with Crippen molar-refractivity contribution >= 4 is 63.4 Å². The molecule has 5 aromatic rings. The van der Waals surface area contributed by atoms with E-state index in [1.165, 1.54) is 29.2 Å². The fourth-order valence-electron chi connectivity index (χ4n) is 8.53. The number of nitro groups is 1. The van der Waals surface area contributed by atoms with Crippen molar-refractivity contribution in [2.75, 3.05) is 69.6 Å². The van der Waals surface area contributed by atoms with Crippen LogP contribution in [0.15, 0.2) is 90.8 Å². The number of piperidine rings is 1. The van der Waals surface area contributed by atoms with E-state index in [1.807, 2.05) is 42.6 Å². The topological polar surface area (TPSA) is 141 Å². The molecular formula is C46H53ClN8O5S. The number of carbonyl (C=O) groups excluding carboxylic acids is 1. The number of benzene rings is 3. The van der Waals surface area contributed by atoms with Crippen LogP contribution in [-0.2, 0) is 0 Å². The number of amides is 1. The second kappa shape index (κ2) is 18.8. The highest BCUT2D eigenvalue weighted by Gasteiger charge is 2.30. The Morgan fingerprint density at radius 3 is 2.56 bits per heavy atom. The zero-order chi connectivity index (χ0) is 42.5. The third-order valence-electron chi connectivity index (χ3n) is 12.2. The molecule has 15 heteroatoms. The molecule has 1 aliphatic carbocycles. The van der Waals surface area contributed by atoms with Gasteiger partial charge in [0.25, 0.3) is 11.6 Å². The summed E-state index contributed by atoms with van der Waals surface area (Å²) < 4.78 is 14.9. The van der Waals surface area contributed by atoms with Gasteiger partial charge in [-0.1, -0.05) is 43.2 Å². The first-order valence-electron chi connectivity index (χ1n) is 21.0. The number of likely N-dealkylation sites (tertiary alicyclic amines) is 1. The molecule has 320 valence electrons. The molecule has 2 aromatic heterocycles. The molecule has 0 atom stereocenters. The Hall–Kier alpha value is -5.28. The molecule has 61 heavy (non-hydrogen) atoms. The molecule has 13 nitrogen and oxygen atoms in total. The van der Waals surface area contributed by atoms with Gasteiger partial charge in [0.2, 0.25) is 0 Å². The predicted molar refractivity (Wildman–Crippen MR) is 245 cm³/mol. The molecule has 8 rings (SSSR count). The van der Waals surface area contributed by atoms with Crippen LogP contribution in [0.2, 0.25) is 5.02 Å². The third kappa shape index (κ3) is 10.6. The number of hydrogen-bond donors (Lipinski definition) is 3. The Balaban J connectivity index is 0.935. The van der Waals surface area contributed by atoms with Gasteiger partial charge >= 0.3 is 0 Å². The number of pyridine rings is 1. The lowest BCUT2D eigenvalue weighted by Gasteiger charge is -2.39. The molecule has 1 amide bonds. The van der Waals surface area contributed by atoms with Crippen molar-refractivity contribution in [1.82, 2.24) is 24.5 Å². The number of piperazine rings is 1. The Labute approximate surface area is 366 Å². The van der Waals surface area contributed by atoms with Gasteiger partial charge in [-0.25, -0.2) is 4.98 Å². The highest BCUT2D eigenvalue weighted by atomic mass is 35.5. The average Bonchev–Trinajstić information content (AvgIpc) is 3.73. The van der Waals surface area contributed by atoms with Gasteiger partial charge < -0.3 is 29.0 Å². The fourth-order valence-corrected chi connectivity index (χ4v) is 9.08. The highest BCUT2D eigenvalue weighted by Crippen LogP contribution is 2.43.